The first-order valence-corrected chi connectivity index (χ1v) is 6.27. The molecule has 0 fully saturated rings. The van der Waals surface area contributed by atoms with E-state index < -0.39 is 0 Å². The third-order valence-electron chi connectivity index (χ3n) is 3.66. The molecule has 1 unspecified atom stereocenters. The van der Waals surface area contributed by atoms with Crippen LogP contribution in [0.4, 0.5) is 0 Å². The van der Waals surface area contributed by atoms with Gasteiger partial charge >= 0.3 is 0 Å². The largest absolute Gasteiger partial charge is 0.417 e. The highest BCUT2D eigenvalue weighted by atomic mass is 16.6. The van der Waals surface area contributed by atoms with Gasteiger partial charge in [-0.05, 0) is 31.0 Å². The first-order valence-electron chi connectivity index (χ1n) is 6.27. The summed E-state index contributed by atoms with van der Waals surface area (Å²) in [4.78, 5) is 5.57. The SMILES string of the molecule is CCC1NCCc2c1n(OC)c1ccccc21. The van der Waals surface area contributed by atoms with Crippen LogP contribution in [0.2, 0.25) is 0 Å². The van der Waals surface area contributed by atoms with Crippen LogP contribution in [-0.2, 0) is 6.42 Å². The molecule has 0 aliphatic carbocycles. The van der Waals surface area contributed by atoms with Gasteiger partial charge in [0.2, 0.25) is 0 Å². The number of hydrogen-bond acceptors (Lipinski definition) is 2. The molecule has 3 rings (SSSR count). The zero-order valence-electron chi connectivity index (χ0n) is 10.4. The average Bonchev–Trinajstić information content (AvgIpc) is 2.72. The second-order valence-electron chi connectivity index (χ2n) is 4.52. The monoisotopic (exact) mass is 230 g/mol. The van der Waals surface area contributed by atoms with Crippen LogP contribution < -0.4 is 10.2 Å². The van der Waals surface area contributed by atoms with Crippen LogP contribution in [0.15, 0.2) is 24.3 Å². The van der Waals surface area contributed by atoms with Crippen LogP contribution in [0, 0.1) is 0 Å². The molecule has 0 spiro atoms. The number of hydrogen-bond donors (Lipinski definition) is 1. The first kappa shape index (κ1) is 10.7. The van der Waals surface area contributed by atoms with Gasteiger partial charge in [-0.2, -0.15) is 4.73 Å². The van der Waals surface area contributed by atoms with Crippen molar-refractivity contribution < 1.29 is 4.84 Å². The van der Waals surface area contributed by atoms with Crippen LogP contribution in [0.25, 0.3) is 10.9 Å². The van der Waals surface area contributed by atoms with Crippen molar-refractivity contribution in [2.45, 2.75) is 25.8 Å². The molecule has 0 bridgehead atoms. The Labute approximate surface area is 101 Å². The molecular weight excluding hydrogens is 212 g/mol. The molecule has 1 aliphatic rings. The predicted molar refractivity (Wildman–Crippen MR) is 69.2 cm³/mol. The lowest BCUT2D eigenvalue weighted by molar-refractivity contribution is 0.162. The molecule has 17 heavy (non-hydrogen) atoms. The highest BCUT2D eigenvalue weighted by molar-refractivity contribution is 5.85. The van der Waals surface area contributed by atoms with Crippen molar-refractivity contribution in [3.63, 3.8) is 0 Å². The molecule has 0 amide bonds. The van der Waals surface area contributed by atoms with Gasteiger partial charge in [0.25, 0.3) is 0 Å². The summed E-state index contributed by atoms with van der Waals surface area (Å²) in [5.41, 5.74) is 3.94. The Morgan fingerprint density at radius 2 is 2.24 bits per heavy atom. The Morgan fingerprint density at radius 1 is 1.41 bits per heavy atom. The van der Waals surface area contributed by atoms with Crippen LogP contribution in [0.3, 0.4) is 0 Å². The first-order chi connectivity index (χ1) is 8.36. The Bertz CT molecular complexity index is 511. The Balaban J connectivity index is 2.33. The van der Waals surface area contributed by atoms with Gasteiger partial charge in [0, 0.05) is 5.39 Å². The number of aromatic nitrogens is 1. The van der Waals surface area contributed by atoms with Gasteiger partial charge in [-0.3, -0.25) is 0 Å². The minimum atomic E-state index is 0.408. The molecule has 2 heterocycles. The third kappa shape index (κ3) is 1.46. The molecule has 3 heteroatoms. The molecule has 0 radical (unpaired) electrons. The maximum atomic E-state index is 5.57. The number of nitrogens with zero attached hydrogens (tertiary/aromatic N) is 1. The van der Waals surface area contributed by atoms with Gasteiger partial charge in [-0.1, -0.05) is 25.1 Å². The van der Waals surface area contributed by atoms with Crippen LogP contribution in [0.1, 0.15) is 30.6 Å². The van der Waals surface area contributed by atoms with E-state index in [2.05, 4.69) is 36.5 Å². The molecule has 3 nitrogen and oxygen atoms in total. The fourth-order valence-electron chi connectivity index (χ4n) is 2.91. The smallest absolute Gasteiger partial charge is 0.104 e. The molecule has 1 N–H and O–H groups in total. The summed E-state index contributed by atoms with van der Waals surface area (Å²) in [6, 6.07) is 8.90. The van der Waals surface area contributed by atoms with Crippen molar-refractivity contribution in [1.29, 1.82) is 0 Å². The second kappa shape index (κ2) is 4.08. The summed E-state index contributed by atoms with van der Waals surface area (Å²) in [6.45, 7) is 3.27. The molecule has 1 aliphatic heterocycles. The van der Waals surface area contributed by atoms with E-state index in [4.69, 9.17) is 4.84 Å². The van der Waals surface area contributed by atoms with E-state index in [9.17, 15) is 0 Å². The van der Waals surface area contributed by atoms with E-state index in [0.717, 1.165) is 19.4 Å². The molecule has 1 aromatic heterocycles. The normalized spacial score (nSPS) is 19.3. The lowest BCUT2D eigenvalue weighted by Gasteiger charge is -2.25. The number of para-hydroxylation sites is 1. The van der Waals surface area contributed by atoms with E-state index in [0.29, 0.717) is 6.04 Å². The molecule has 0 saturated heterocycles. The number of nitrogens with one attached hydrogen (secondary N) is 1. The fourth-order valence-corrected chi connectivity index (χ4v) is 2.91. The standard InChI is InChI=1S/C14H18N2O/c1-3-12-14-11(8-9-15-12)10-6-4-5-7-13(10)16(14)17-2/h4-7,12,15H,3,8-9H2,1-2H3. The molecule has 1 atom stereocenters. The van der Waals surface area contributed by atoms with Gasteiger partial charge < -0.3 is 10.2 Å². The van der Waals surface area contributed by atoms with E-state index in [-0.39, 0.29) is 0 Å². The molecule has 2 aromatic rings. The Hall–Kier alpha value is -1.48. The van der Waals surface area contributed by atoms with Crippen LogP contribution in [-0.4, -0.2) is 18.4 Å². The number of fused-ring (bicyclic) bond motifs is 3. The summed E-state index contributed by atoms with van der Waals surface area (Å²) in [5.74, 6) is 0. The van der Waals surface area contributed by atoms with E-state index in [1.54, 1.807) is 7.11 Å². The van der Waals surface area contributed by atoms with Gasteiger partial charge in [0.15, 0.2) is 0 Å². The highest BCUT2D eigenvalue weighted by Crippen LogP contribution is 2.33. The van der Waals surface area contributed by atoms with Crippen LogP contribution >= 0.6 is 0 Å². The second-order valence-corrected chi connectivity index (χ2v) is 4.52. The quantitative estimate of drug-likeness (QED) is 0.856. The summed E-state index contributed by atoms with van der Waals surface area (Å²) in [7, 11) is 1.74. The number of rotatable bonds is 2. The summed E-state index contributed by atoms with van der Waals surface area (Å²) < 4.78 is 1.99. The van der Waals surface area contributed by atoms with Gasteiger partial charge in [0.1, 0.15) is 7.11 Å². The van der Waals surface area contributed by atoms with E-state index in [1.165, 1.54) is 22.2 Å². The summed E-state index contributed by atoms with van der Waals surface area (Å²) >= 11 is 0. The van der Waals surface area contributed by atoms with Gasteiger partial charge in [-0.25, -0.2) is 0 Å². The van der Waals surface area contributed by atoms with Crippen molar-refractivity contribution in [2.24, 2.45) is 0 Å². The number of benzene rings is 1. The van der Waals surface area contributed by atoms with Gasteiger partial charge in [-0.15, -0.1) is 0 Å². The fraction of sp³-hybridized carbons (Fsp3) is 0.429. The Morgan fingerprint density at radius 3 is 3.00 bits per heavy atom. The maximum Gasteiger partial charge on any atom is 0.104 e. The van der Waals surface area contributed by atoms with Crippen molar-refractivity contribution in [2.75, 3.05) is 13.7 Å². The van der Waals surface area contributed by atoms with E-state index >= 15 is 0 Å². The van der Waals surface area contributed by atoms with E-state index in [1.807, 2.05) is 4.73 Å². The van der Waals surface area contributed by atoms with Crippen molar-refractivity contribution in [3.05, 3.63) is 35.5 Å². The topological polar surface area (TPSA) is 26.2 Å². The summed E-state index contributed by atoms with van der Waals surface area (Å²) in [6.07, 6.45) is 2.18. The molecular formula is C14H18N2O. The van der Waals surface area contributed by atoms with Crippen molar-refractivity contribution in [1.82, 2.24) is 10.0 Å². The third-order valence-corrected chi connectivity index (χ3v) is 3.66. The Kier molecular flexibility index (Phi) is 2.56. The molecule has 0 saturated carbocycles. The predicted octanol–water partition coefficient (Wildman–Crippen LogP) is 2.30. The highest BCUT2D eigenvalue weighted by Gasteiger charge is 2.26. The zero-order chi connectivity index (χ0) is 11.8. The molecule has 90 valence electrons. The molecule has 1 aromatic carbocycles. The lowest BCUT2D eigenvalue weighted by atomic mass is 9.98. The summed E-state index contributed by atoms with van der Waals surface area (Å²) in [5, 5.41) is 4.90. The minimum absolute atomic E-state index is 0.408. The zero-order valence-corrected chi connectivity index (χ0v) is 10.4. The average molecular weight is 230 g/mol. The minimum Gasteiger partial charge on any atom is -0.417 e. The lowest BCUT2D eigenvalue weighted by Crippen LogP contribution is -2.31. The van der Waals surface area contributed by atoms with Crippen molar-refractivity contribution >= 4 is 10.9 Å². The van der Waals surface area contributed by atoms with Crippen molar-refractivity contribution in [3.8, 4) is 0 Å². The van der Waals surface area contributed by atoms with Gasteiger partial charge in [0.05, 0.1) is 17.3 Å². The maximum absolute atomic E-state index is 5.57. The van der Waals surface area contributed by atoms with Crippen LogP contribution in [0.5, 0.6) is 0 Å².